The van der Waals surface area contributed by atoms with Crippen molar-refractivity contribution < 1.29 is 0 Å². The van der Waals surface area contributed by atoms with E-state index in [1.807, 2.05) is 43.4 Å². The summed E-state index contributed by atoms with van der Waals surface area (Å²) in [7, 11) is 1.87. The Morgan fingerprint density at radius 2 is 1.96 bits per heavy atom. The molecule has 3 N–H and O–H groups in total. The number of nitrogens with zero attached hydrogens (tertiary/aromatic N) is 1. The molecule has 26 heavy (non-hydrogen) atoms. The Balaban J connectivity index is 1.82. The monoisotopic (exact) mass is 344 g/mol. The third kappa shape index (κ3) is 2.88. The highest BCUT2D eigenvalue weighted by Gasteiger charge is 2.11. The van der Waals surface area contributed by atoms with Gasteiger partial charge in [0.1, 0.15) is 0 Å². The van der Waals surface area contributed by atoms with Gasteiger partial charge in [-0.2, -0.15) is 5.10 Å². The number of rotatable bonds is 4. The fraction of sp³-hybridized carbons (Fsp3) is 0.143. The zero-order valence-electron chi connectivity index (χ0n) is 14.8. The predicted molar refractivity (Wildman–Crippen MR) is 107 cm³/mol. The molecule has 0 atom stereocenters. The number of hydrogen-bond acceptors (Lipinski definition) is 3. The second kappa shape index (κ2) is 6.52. The van der Waals surface area contributed by atoms with E-state index in [2.05, 4.69) is 45.6 Å². The molecule has 130 valence electrons. The molecule has 0 aliphatic heterocycles. The van der Waals surface area contributed by atoms with Gasteiger partial charge in [0, 0.05) is 29.2 Å². The summed E-state index contributed by atoms with van der Waals surface area (Å²) in [6, 6.07) is 18.1. The summed E-state index contributed by atoms with van der Waals surface area (Å²) in [6.45, 7) is 2.13. The number of aromatic nitrogens is 3. The molecule has 0 saturated heterocycles. The lowest BCUT2D eigenvalue weighted by molar-refractivity contribution is 0.996. The molecular weight excluding hydrogens is 324 g/mol. The first kappa shape index (κ1) is 16.1. The van der Waals surface area contributed by atoms with E-state index >= 15 is 0 Å². The SMILES string of the molecule is CCc1ccc2cc(-c3cc(-c4cccc(NC)c4)n[nH]c3=O)[nH]c2c1. The van der Waals surface area contributed by atoms with Gasteiger partial charge in [-0.05, 0) is 42.3 Å². The molecular formula is C21H20N4O. The van der Waals surface area contributed by atoms with Crippen molar-refractivity contribution in [3.63, 3.8) is 0 Å². The molecule has 0 unspecified atom stereocenters. The van der Waals surface area contributed by atoms with Gasteiger partial charge in [-0.1, -0.05) is 31.2 Å². The molecule has 0 aliphatic carbocycles. The van der Waals surface area contributed by atoms with E-state index in [1.54, 1.807) is 0 Å². The molecule has 0 aliphatic rings. The summed E-state index contributed by atoms with van der Waals surface area (Å²) in [5, 5.41) is 11.0. The summed E-state index contributed by atoms with van der Waals surface area (Å²) >= 11 is 0. The minimum Gasteiger partial charge on any atom is -0.388 e. The van der Waals surface area contributed by atoms with Crippen LogP contribution in [0.1, 0.15) is 12.5 Å². The Morgan fingerprint density at radius 1 is 1.08 bits per heavy atom. The largest absolute Gasteiger partial charge is 0.388 e. The highest BCUT2D eigenvalue weighted by Crippen LogP contribution is 2.26. The molecule has 2 heterocycles. The number of benzene rings is 2. The fourth-order valence-electron chi connectivity index (χ4n) is 3.13. The summed E-state index contributed by atoms with van der Waals surface area (Å²) in [6.07, 6.45) is 0.978. The van der Waals surface area contributed by atoms with E-state index in [1.165, 1.54) is 5.56 Å². The lowest BCUT2D eigenvalue weighted by Crippen LogP contribution is -2.11. The Bertz CT molecular complexity index is 1140. The van der Waals surface area contributed by atoms with E-state index in [0.29, 0.717) is 5.56 Å². The molecule has 0 spiro atoms. The average Bonchev–Trinajstić information content (AvgIpc) is 3.11. The number of aryl methyl sites for hydroxylation is 1. The van der Waals surface area contributed by atoms with E-state index < -0.39 is 0 Å². The van der Waals surface area contributed by atoms with Crippen molar-refractivity contribution in [2.24, 2.45) is 0 Å². The maximum absolute atomic E-state index is 12.4. The molecule has 0 fully saturated rings. The van der Waals surface area contributed by atoms with Crippen LogP contribution in [0.3, 0.4) is 0 Å². The molecule has 4 rings (SSSR count). The topological polar surface area (TPSA) is 73.6 Å². The molecule has 2 aromatic carbocycles. The third-order valence-electron chi connectivity index (χ3n) is 4.64. The number of fused-ring (bicyclic) bond motifs is 1. The van der Waals surface area contributed by atoms with Crippen molar-refractivity contribution >= 4 is 16.6 Å². The Hall–Kier alpha value is -3.34. The van der Waals surface area contributed by atoms with Crippen LogP contribution < -0.4 is 10.9 Å². The molecule has 4 aromatic rings. The molecule has 5 nitrogen and oxygen atoms in total. The summed E-state index contributed by atoms with van der Waals surface area (Å²) in [5.41, 5.74) is 6.13. The smallest absolute Gasteiger partial charge is 0.273 e. The van der Waals surface area contributed by atoms with Crippen LogP contribution in [0.15, 0.2) is 59.4 Å². The maximum atomic E-state index is 12.4. The zero-order chi connectivity index (χ0) is 18.1. The van der Waals surface area contributed by atoms with E-state index in [-0.39, 0.29) is 5.56 Å². The molecule has 0 radical (unpaired) electrons. The summed E-state index contributed by atoms with van der Waals surface area (Å²) < 4.78 is 0. The van der Waals surface area contributed by atoms with Gasteiger partial charge in [-0.15, -0.1) is 0 Å². The van der Waals surface area contributed by atoms with Crippen molar-refractivity contribution in [1.82, 2.24) is 15.2 Å². The minimum atomic E-state index is -0.208. The van der Waals surface area contributed by atoms with Gasteiger partial charge < -0.3 is 10.3 Å². The lowest BCUT2D eigenvalue weighted by Gasteiger charge is -2.05. The van der Waals surface area contributed by atoms with Gasteiger partial charge in [0.15, 0.2) is 0 Å². The van der Waals surface area contributed by atoms with Gasteiger partial charge in [-0.3, -0.25) is 4.79 Å². The molecule has 0 saturated carbocycles. The van der Waals surface area contributed by atoms with Crippen molar-refractivity contribution in [3.8, 4) is 22.5 Å². The fourth-order valence-corrected chi connectivity index (χ4v) is 3.13. The normalized spacial score (nSPS) is 11.0. The van der Waals surface area contributed by atoms with Crippen LogP contribution in [0.4, 0.5) is 5.69 Å². The van der Waals surface area contributed by atoms with Crippen LogP contribution in [0.25, 0.3) is 33.4 Å². The number of aromatic amines is 2. The second-order valence-electron chi connectivity index (χ2n) is 6.28. The van der Waals surface area contributed by atoms with Crippen molar-refractivity contribution in [2.75, 3.05) is 12.4 Å². The summed E-state index contributed by atoms with van der Waals surface area (Å²) in [4.78, 5) is 15.7. The molecule has 2 aromatic heterocycles. The van der Waals surface area contributed by atoms with Gasteiger partial charge in [0.2, 0.25) is 0 Å². The van der Waals surface area contributed by atoms with Crippen LogP contribution in [0.5, 0.6) is 0 Å². The van der Waals surface area contributed by atoms with Crippen LogP contribution >= 0.6 is 0 Å². The van der Waals surface area contributed by atoms with Gasteiger partial charge in [-0.25, -0.2) is 5.10 Å². The van der Waals surface area contributed by atoms with Crippen LogP contribution in [0, 0.1) is 0 Å². The minimum absolute atomic E-state index is 0.208. The van der Waals surface area contributed by atoms with Crippen LogP contribution in [0.2, 0.25) is 0 Å². The van der Waals surface area contributed by atoms with Crippen molar-refractivity contribution in [3.05, 3.63) is 70.5 Å². The highest BCUT2D eigenvalue weighted by atomic mass is 16.1. The van der Waals surface area contributed by atoms with Crippen molar-refractivity contribution in [2.45, 2.75) is 13.3 Å². The van der Waals surface area contributed by atoms with Crippen LogP contribution in [-0.4, -0.2) is 22.2 Å². The van der Waals surface area contributed by atoms with Gasteiger partial charge in [0.05, 0.1) is 17.0 Å². The molecule has 0 amide bonds. The first-order valence-electron chi connectivity index (χ1n) is 8.68. The van der Waals surface area contributed by atoms with Gasteiger partial charge in [0.25, 0.3) is 5.56 Å². The lowest BCUT2D eigenvalue weighted by atomic mass is 10.1. The average molecular weight is 344 g/mol. The number of H-pyrrole nitrogens is 2. The number of nitrogens with one attached hydrogen (secondary N) is 3. The van der Waals surface area contributed by atoms with Gasteiger partial charge >= 0.3 is 0 Å². The first-order chi connectivity index (χ1) is 12.7. The Labute approximate surface area is 151 Å². The Kier molecular flexibility index (Phi) is 4.05. The van der Waals surface area contributed by atoms with Crippen molar-refractivity contribution in [1.29, 1.82) is 0 Å². The zero-order valence-corrected chi connectivity index (χ0v) is 14.8. The summed E-state index contributed by atoms with van der Waals surface area (Å²) in [5.74, 6) is 0. The Morgan fingerprint density at radius 3 is 2.77 bits per heavy atom. The maximum Gasteiger partial charge on any atom is 0.273 e. The van der Waals surface area contributed by atoms with E-state index in [9.17, 15) is 4.79 Å². The predicted octanol–water partition coefficient (Wildman–Crippen LogP) is 4.19. The second-order valence-corrected chi connectivity index (χ2v) is 6.28. The highest BCUT2D eigenvalue weighted by molar-refractivity contribution is 5.86. The number of hydrogen-bond donors (Lipinski definition) is 3. The first-order valence-corrected chi connectivity index (χ1v) is 8.68. The number of anilines is 1. The van der Waals surface area contributed by atoms with Crippen LogP contribution in [-0.2, 0) is 6.42 Å². The van der Waals surface area contributed by atoms with E-state index in [0.717, 1.165) is 40.0 Å². The third-order valence-corrected chi connectivity index (χ3v) is 4.64. The molecule has 5 heteroatoms. The molecule has 0 bridgehead atoms. The standard InChI is InChI=1S/C21H20N4O/c1-3-13-7-8-15-11-20(23-18(15)9-13)17-12-19(24-25-21(17)26)14-5-4-6-16(10-14)22-2/h4-12,22-23H,3H2,1-2H3,(H,25,26). The quantitative estimate of drug-likeness (QED) is 0.520. The van der Waals surface area contributed by atoms with E-state index in [4.69, 9.17) is 0 Å².